The van der Waals surface area contributed by atoms with Crippen LogP contribution in [-0.4, -0.2) is 25.8 Å². The smallest absolute Gasteiger partial charge is 0.0494 e. The van der Waals surface area contributed by atoms with Crippen molar-refractivity contribution in [1.82, 2.24) is 5.32 Å². The van der Waals surface area contributed by atoms with Crippen LogP contribution in [0.15, 0.2) is 16.8 Å². The highest BCUT2D eigenvalue weighted by molar-refractivity contribution is 7.07. The summed E-state index contributed by atoms with van der Waals surface area (Å²) in [6, 6.07) is 2.90. The summed E-state index contributed by atoms with van der Waals surface area (Å²) < 4.78 is 5.56. The molecule has 1 N–H and O–H groups in total. The van der Waals surface area contributed by atoms with Crippen LogP contribution in [-0.2, 0) is 11.2 Å². The van der Waals surface area contributed by atoms with E-state index in [1.165, 1.54) is 24.8 Å². The molecule has 0 aromatic carbocycles. The summed E-state index contributed by atoms with van der Waals surface area (Å²) in [6.45, 7) is 7.49. The second-order valence-corrected chi connectivity index (χ2v) is 6.12. The minimum atomic E-state index is 0.647. The van der Waals surface area contributed by atoms with E-state index >= 15 is 0 Å². The van der Waals surface area contributed by atoms with E-state index in [2.05, 4.69) is 36.0 Å². The van der Waals surface area contributed by atoms with Gasteiger partial charge in [0.25, 0.3) is 0 Å². The van der Waals surface area contributed by atoms with Crippen molar-refractivity contribution in [1.29, 1.82) is 0 Å². The number of hydrogen-bond acceptors (Lipinski definition) is 3. The number of aryl methyl sites for hydroxylation is 1. The summed E-state index contributed by atoms with van der Waals surface area (Å²) in [7, 11) is 0. The van der Waals surface area contributed by atoms with E-state index in [-0.39, 0.29) is 0 Å². The Morgan fingerprint density at radius 1 is 1.56 bits per heavy atom. The minimum absolute atomic E-state index is 0.647. The maximum absolute atomic E-state index is 5.56. The van der Waals surface area contributed by atoms with E-state index in [1.54, 1.807) is 11.3 Å². The van der Waals surface area contributed by atoms with Gasteiger partial charge >= 0.3 is 0 Å². The molecule has 1 aromatic heterocycles. The number of nitrogens with one attached hydrogen (secondary N) is 1. The SMILES string of the molecule is CCNC(CCc1ccsc1)C1CCOCC1C. The summed E-state index contributed by atoms with van der Waals surface area (Å²) in [6.07, 6.45) is 3.66. The van der Waals surface area contributed by atoms with E-state index in [0.29, 0.717) is 12.0 Å². The third-order valence-electron chi connectivity index (χ3n) is 4.01. The van der Waals surface area contributed by atoms with E-state index in [9.17, 15) is 0 Å². The normalized spacial score (nSPS) is 26.1. The van der Waals surface area contributed by atoms with Crippen molar-refractivity contribution in [2.24, 2.45) is 11.8 Å². The lowest BCUT2D eigenvalue weighted by atomic mass is 9.81. The van der Waals surface area contributed by atoms with Crippen LogP contribution in [0.25, 0.3) is 0 Å². The van der Waals surface area contributed by atoms with Gasteiger partial charge in [-0.1, -0.05) is 13.8 Å². The first-order valence-corrected chi connectivity index (χ1v) is 8.07. The average Bonchev–Trinajstić information content (AvgIpc) is 2.88. The minimum Gasteiger partial charge on any atom is -0.381 e. The Morgan fingerprint density at radius 2 is 2.44 bits per heavy atom. The fourth-order valence-electron chi connectivity index (χ4n) is 2.98. The van der Waals surface area contributed by atoms with Crippen LogP contribution < -0.4 is 5.32 Å². The van der Waals surface area contributed by atoms with Gasteiger partial charge in [-0.05, 0) is 60.0 Å². The molecule has 0 saturated carbocycles. The first-order chi connectivity index (χ1) is 8.81. The Labute approximate surface area is 115 Å². The molecule has 1 fully saturated rings. The maximum Gasteiger partial charge on any atom is 0.0494 e. The van der Waals surface area contributed by atoms with Crippen LogP contribution >= 0.6 is 11.3 Å². The molecule has 1 aliphatic heterocycles. The van der Waals surface area contributed by atoms with Gasteiger partial charge in [0.1, 0.15) is 0 Å². The van der Waals surface area contributed by atoms with Crippen LogP contribution in [0.1, 0.15) is 32.3 Å². The van der Waals surface area contributed by atoms with Gasteiger partial charge in [0, 0.05) is 19.3 Å². The van der Waals surface area contributed by atoms with Gasteiger partial charge in [0.2, 0.25) is 0 Å². The van der Waals surface area contributed by atoms with Crippen LogP contribution in [0.2, 0.25) is 0 Å². The number of ether oxygens (including phenoxy) is 1. The molecule has 0 spiro atoms. The summed E-state index contributed by atoms with van der Waals surface area (Å²) in [5, 5.41) is 8.14. The molecule has 2 nitrogen and oxygen atoms in total. The maximum atomic E-state index is 5.56. The third kappa shape index (κ3) is 3.81. The lowest BCUT2D eigenvalue weighted by Gasteiger charge is -2.35. The molecule has 1 aliphatic rings. The Hall–Kier alpha value is -0.380. The Morgan fingerprint density at radius 3 is 3.11 bits per heavy atom. The fourth-order valence-corrected chi connectivity index (χ4v) is 3.68. The summed E-state index contributed by atoms with van der Waals surface area (Å²) in [4.78, 5) is 0. The molecule has 18 heavy (non-hydrogen) atoms. The first-order valence-electron chi connectivity index (χ1n) is 7.13. The van der Waals surface area contributed by atoms with Crippen molar-refractivity contribution >= 4 is 11.3 Å². The average molecular weight is 267 g/mol. The van der Waals surface area contributed by atoms with Gasteiger partial charge in [0.05, 0.1) is 0 Å². The number of thiophene rings is 1. The highest BCUT2D eigenvalue weighted by Gasteiger charge is 2.28. The number of hydrogen-bond donors (Lipinski definition) is 1. The van der Waals surface area contributed by atoms with Gasteiger partial charge < -0.3 is 10.1 Å². The van der Waals surface area contributed by atoms with Crippen LogP contribution in [0.4, 0.5) is 0 Å². The zero-order valence-electron chi connectivity index (χ0n) is 11.5. The second kappa shape index (κ2) is 7.27. The molecule has 3 heteroatoms. The van der Waals surface area contributed by atoms with Crippen LogP contribution in [0, 0.1) is 11.8 Å². The fraction of sp³-hybridized carbons (Fsp3) is 0.733. The summed E-state index contributed by atoms with van der Waals surface area (Å²) in [5.41, 5.74) is 1.49. The van der Waals surface area contributed by atoms with E-state index in [0.717, 1.165) is 25.7 Å². The van der Waals surface area contributed by atoms with Gasteiger partial charge in [-0.15, -0.1) is 0 Å². The Bertz CT molecular complexity index is 325. The first kappa shape index (κ1) is 14.0. The second-order valence-electron chi connectivity index (χ2n) is 5.34. The predicted octanol–water partition coefficient (Wildman–Crippen LogP) is 3.33. The molecular weight excluding hydrogens is 242 g/mol. The molecule has 102 valence electrons. The number of rotatable bonds is 6. The molecule has 3 unspecified atom stereocenters. The third-order valence-corrected chi connectivity index (χ3v) is 4.75. The molecular formula is C15H25NOS. The molecule has 3 atom stereocenters. The van der Waals surface area contributed by atoms with Crippen LogP contribution in [0.5, 0.6) is 0 Å². The topological polar surface area (TPSA) is 21.3 Å². The molecule has 0 bridgehead atoms. The monoisotopic (exact) mass is 267 g/mol. The Kier molecular flexibility index (Phi) is 5.67. The van der Waals surface area contributed by atoms with E-state index in [4.69, 9.17) is 4.74 Å². The zero-order chi connectivity index (χ0) is 12.8. The van der Waals surface area contributed by atoms with Crippen molar-refractivity contribution < 1.29 is 4.74 Å². The van der Waals surface area contributed by atoms with Crippen molar-refractivity contribution in [3.05, 3.63) is 22.4 Å². The molecule has 2 heterocycles. The zero-order valence-corrected chi connectivity index (χ0v) is 12.3. The van der Waals surface area contributed by atoms with E-state index in [1.807, 2.05) is 0 Å². The quantitative estimate of drug-likeness (QED) is 0.853. The molecule has 1 aromatic rings. The standard InChI is InChI=1S/C15H25NOS/c1-3-16-15(5-4-13-7-9-18-11-13)14-6-8-17-10-12(14)2/h7,9,11-12,14-16H,3-6,8,10H2,1-2H3. The van der Waals surface area contributed by atoms with Crippen molar-refractivity contribution in [3.63, 3.8) is 0 Å². The van der Waals surface area contributed by atoms with Crippen molar-refractivity contribution in [2.75, 3.05) is 19.8 Å². The van der Waals surface area contributed by atoms with Crippen LogP contribution in [0.3, 0.4) is 0 Å². The molecule has 0 radical (unpaired) electrons. The van der Waals surface area contributed by atoms with E-state index < -0.39 is 0 Å². The van der Waals surface area contributed by atoms with Gasteiger partial charge in [-0.2, -0.15) is 11.3 Å². The van der Waals surface area contributed by atoms with Crippen molar-refractivity contribution in [2.45, 2.75) is 39.2 Å². The summed E-state index contributed by atoms with van der Waals surface area (Å²) >= 11 is 1.80. The Balaban J connectivity index is 1.89. The van der Waals surface area contributed by atoms with Gasteiger partial charge in [-0.3, -0.25) is 0 Å². The lowest BCUT2D eigenvalue weighted by Crippen LogP contribution is -2.43. The van der Waals surface area contributed by atoms with Gasteiger partial charge in [0.15, 0.2) is 0 Å². The largest absolute Gasteiger partial charge is 0.381 e. The molecule has 0 aliphatic carbocycles. The lowest BCUT2D eigenvalue weighted by molar-refractivity contribution is 0.0101. The molecule has 2 rings (SSSR count). The predicted molar refractivity (Wildman–Crippen MR) is 78.2 cm³/mol. The van der Waals surface area contributed by atoms with Gasteiger partial charge in [-0.25, -0.2) is 0 Å². The van der Waals surface area contributed by atoms with Crippen molar-refractivity contribution in [3.8, 4) is 0 Å². The highest BCUT2D eigenvalue weighted by atomic mass is 32.1. The molecule has 1 saturated heterocycles. The summed E-state index contributed by atoms with van der Waals surface area (Å²) in [5.74, 6) is 1.46. The highest BCUT2D eigenvalue weighted by Crippen LogP contribution is 2.27. The molecule has 0 amide bonds.